The summed E-state index contributed by atoms with van der Waals surface area (Å²) in [5.74, 6) is 0.0200. The molecule has 0 fully saturated rings. The summed E-state index contributed by atoms with van der Waals surface area (Å²) in [5.41, 5.74) is 1.76. The molecule has 4 nitrogen and oxygen atoms in total. The van der Waals surface area contributed by atoms with Gasteiger partial charge in [-0.3, -0.25) is 4.79 Å². The predicted octanol–water partition coefficient (Wildman–Crippen LogP) is 2.07. The molecule has 16 heavy (non-hydrogen) atoms. The fourth-order valence-electron chi connectivity index (χ4n) is 1.85. The molecule has 0 bridgehead atoms. The smallest absolute Gasteiger partial charge is 0.323 e. The van der Waals surface area contributed by atoms with E-state index < -0.39 is 5.97 Å². The average Bonchev–Trinajstić information content (AvgIpc) is 2.57. The van der Waals surface area contributed by atoms with Crippen LogP contribution in [0.2, 0.25) is 0 Å². The van der Waals surface area contributed by atoms with Crippen LogP contribution in [0.15, 0.2) is 24.3 Å². The SMILES string of the molecule is CCCc1nc2ccccc2n1CC(=O)O. The van der Waals surface area contributed by atoms with Crippen LogP contribution in [0.25, 0.3) is 11.0 Å². The first-order valence-electron chi connectivity index (χ1n) is 5.38. The first-order chi connectivity index (χ1) is 7.72. The van der Waals surface area contributed by atoms with Crippen molar-refractivity contribution in [3.05, 3.63) is 30.1 Å². The molecule has 2 rings (SSSR count). The monoisotopic (exact) mass is 218 g/mol. The number of benzene rings is 1. The fourth-order valence-corrected chi connectivity index (χ4v) is 1.85. The van der Waals surface area contributed by atoms with E-state index in [9.17, 15) is 4.79 Å². The van der Waals surface area contributed by atoms with Crippen LogP contribution in [0.1, 0.15) is 19.2 Å². The van der Waals surface area contributed by atoms with Crippen LogP contribution in [0, 0.1) is 0 Å². The summed E-state index contributed by atoms with van der Waals surface area (Å²) in [6.45, 7) is 2.04. The average molecular weight is 218 g/mol. The number of imidazole rings is 1. The van der Waals surface area contributed by atoms with Crippen molar-refractivity contribution in [1.29, 1.82) is 0 Å². The first kappa shape index (κ1) is 10.7. The van der Waals surface area contributed by atoms with Gasteiger partial charge < -0.3 is 9.67 Å². The Hall–Kier alpha value is -1.84. The standard InChI is InChI=1S/C12H14N2O2/c1-2-5-11-13-9-6-3-4-7-10(9)14(11)8-12(15)16/h3-4,6-7H,2,5,8H2,1H3,(H,15,16). The Bertz CT molecular complexity index is 517. The van der Waals surface area contributed by atoms with Crippen molar-refractivity contribution in [3.63, 3.8) is 0 Å². The molecule has 1 aromatic heterocycles. The van der Waals surface area contributed by atoms with E-state index in [0.717, 1.165) is 29.7 Å². The van der Waals surface area contributed by atoms with Crippen molar-refractivity contribution in [2.24, 2.45) is 0 Å². The zero-order chi connectivity index (χ0) is 11.5. The molecule has 0 aliphatic heterocycles. The highest BCUT2D eigenvalue weighted by molar-refractivity contribution is 5.78. The molecule has 1 aromatic carbocycles. The maximum atomic E-state index is 10.8. The Morgan fingerprint density at radius 1 is 1.44 bits per heavy atom. The predicted molar refractivity (Wildman–Crippen MR) is 61.4 cm³/mol. The third kappa shape index (κ3) is 1.91. The number of aliphatic carboxylic acids is 1. The molecule has 1 N–H and O–H groups in total. The Kier molecular flexibility index (Phi) is 2.90. The molecule has 1 heterocycles. The Balaban J connectivity index is 2.54. The molecule has 0 aliphatic carbocycles. The van der Waals surface area contributed by atoms with Gasteiger partial charge >= 0.3 is 5.97 Å². The maximum absolute atomic E-state index is 10.8. The van der Waals surface area contributed by atoms with Gasteiger partial charge in [-0.15, -0.1) is 0 Å². The molecule has 84 valence electrons. The van der Waals surface area contributed by atoms with E-state index in [1.165, 1.54) is 0 Å². The van der Waals surface area contributed by atoms with Gasteiger partial charge in [0.25, 0.3) is 0 Å². The number of fused-ring (bicyclic) bond motifs is 1. The summed E-state index contributed by atoms with van der Waals surface area (Å²) in [6.07, 6.45) is 1.77. The minimum absolute atomic E-state index is 0.0180. The van der Waals surface area contributed by atoms with Crippen LogP contribution < -0.4 is 0 Å². The van der Waals surface area contributed by atoms with Crippen molar-refractivity contribution in [2.75, 3.05) is 0 Å². The number of nitrogens with zero attached hydrogens (tertiary/aromatic N) is 2. The number of carbonyl (C=O) groups is 1. The molecule has 0 unspecified atom stereocenters. The number of aromatic nitrogens is 2. The van der Waals surface area contributed by atoms with Crippen LogP contribution in [0.3, 0.4) is 0 Å². The van der Waals surface area contributed by atoms with Crippen LogP contribution in [-0.2, 0) is 17.8 Å². The van der Waals surface area contributed by atoms with Gasteiger partial charge in [0, 0.05) is 6.42 Å². The van der Waals surface area contributed by atoms with E-state index in [2.05, 4.69) is 11.9 Å². The minimum atomic E-state index is -0.833. The third-order valence-electron chi connectivity index (χ3n) is 2.50. The number of para-hydroxylation sites is 2. The maximum Gasteiger partial charge on any atom is 0.323 e. The quantitative estimate of drug-likeness (QED) is 0.854. The van der Waals surface area contributed by atoms with Gasteiger partial charge in [0.15, 0.2) is 0 Å². The summed E-state index contributed by atoms with van der Waals surface area (Å²) in [4.78, 5) is 15.3. The van der Waals surface area contributed by atoms with Gasteiger partial charge in [-0.05, 0) is 18.6 Å². The lowest BCUT2D eigenvalue weighted by Crippen LogP contribution is -2.11. The summed E-state index contributed by atoms with van der Waals surface area (Å²) >= 11 is 0. The molecule has 0 saturated heterocycles. The Morgan fingerprint density at radius 2 is 2.19 bits per heavy atom. The van der Waals surface area contributed by atoms with Crippen molar-refractivity contribution >= 4 is 17.0 Å². The number of hydrogen-bond acceptors (Lipinski definition) is 2. The lowest BCUT2D eigenvalue weighted by Gasteiger charge is -2.04. The number of hydrogen-bond donors (Lipinski definition) is 1. The van der Waals surface area contributed by atoms with E-state index in [1.807, 2.05) is 24.3 Å². The van der Waals surface area contributed by atoms with E-state index in [0.29, 0.717) is 0 Å². The largest absolute Gasteiger partial charge is 0.480 e. The van der Waals surface area contributed by atoms with Crippen LogP contribution >= 0.6 is 0 Å². The van der Waals surface area contributed by atoms with Gasteiger partial charge in [0.1, 0.15) is 12.4 Å². The molecule has 0 spiro atoms. The van der Waals surface area contributed by atoms with Gasteiger partial charge in [-0.2, -0.15) is 0 Å². The van der Waals surface area contributed by atoms with E-state index in [-0.39, 0.29) is 6.54 Å². The zero-order valence-electron chi connectivity index (χ0n) is 9.18. The topological polar surface area (TPSA) is 55.1 Å². The fraction of sp³-hybridized carbons (Fsp3) is 0.333. The molecule has 4 heteroatoms. The molecule has 0 radical (unpaired) electrons. The molecule has 0 atom stereocenters. The van der Waals surface area contributed by atoms with Gasteiger partial charge in [0.2, 0.25) is 0 Å². The Labute approximate surface area is 93.5 Å². The summed E-state index contributed by atoms with van der Waals surface area (Å²) in [5, 5.41) is 8.89. The summed E-state index contributed by atoms with van der Waals surface area (Å²) in [7, 11) is 0. The van der Waals surface area contributed by atoms with Crippen molar-refractivity contribution in [2.45, 2.75) is 26.3 Å². The normalized spacial score (nSPS) is 10.8. The van der Waals surface area contributed by atoms with Gasteiger partial charge in [-0.25, -0.2) is 4.98 Å². The highest BCUT2D eigenvalue weighted by atomic mass is 16.4. The second-order valence-corrected chi connectivity index (χ2v) is 3.75. The van der Waals surface area contributed by atoms with Crippen molar-refractivity contribution in [3.8, 4) is 0 Å². The highest BCUT2D eigenvalue weighted by Gasteiger charge is 2.11. The first-order valence-corrected chi connectivity index (χ1v) is 5.38. The molecule has 0 saturated carbocycles. The molecule has 0 aliphatic rings. The van der Waals surface area contributed by atoms with Gasteiger partial charge in [-0.1, -0.05) is 19.1 Å². The molecular formula is C12H14N2O2. The Morgan fingerprint density at radius 3 is 2.88 bits per heavy atom. The molecule has 0 amide bonds. The minimum Gasteiger partial charge on any atom is -0.480 e. The second-order valence-electron chi connectivity index (χ2n) is 3.75. The second kappa shape index (κ2) is 4.35. The van der Waals surface area contributed by atoms with Crippen LogP contribution in [0.4, 0.5) is 0 Å². The van der Waals surface area contributed by atoms with Crippen molar-refractivity contribution in [1.82, 2.24) is 9.55 Å². The van der Waals surface area contributed by atoms with Gasteiger partial charge in [0.05, 0.1) is 11.0 Å². The van der Waals surface area contributed by atoms with E-state index >= 15 is 0 Å². The lowest BCUT2D eigenvalue weighted by molar-refractivity contribution is -0.137. The van der Waals surface area contributed by atoms with E-state index in [4.69, 9.17) is 5.11 Å². The van der Waals surface area contributed by atoms with Crippen LogP contribution in [0.5, 0.6) is 0 Å². The van der Waals surface area contributed by atoms with E-state index in [1.54, 1.807) is 4.57 Å². The zero-order valence-corrected chi connectivity index (χ0v) is 9.18. The summed E-state index contributed by atoms with van der Waals surface area (Å²) < 4.78 is 1.78. The number of aryl methyl sites for hydroxylation is 1. The highest BCUT2D eigenvalue weighted by Crippen LogP contribution is 2.16. The number of carboxylic acids is 1. The third-order valence-corrected chi connectivity index (χ3v) is 2.50. The summed E-state index contributed by atoms with van der Waals surface area (Å²) in [6, 6.07) is 7.63. The lowest BCUT2D eigenvalue weighted by atomic mass is 10.3. The number of carboxylic acid groups (broad SMARTS) is 1. The number of rotatable bonds is 4. The van der Waals surface area contributed by atoms with Crippen molar-refractivity contribution < 1.29 is 9.90 Å². The molecular weight excluding hydrogens is 204 g/mol. The molecule has 2 aromatic rings. The van der Waals surface area contributed by atoms with Crippen LogP contribution in [-0.4, -0.2) is 20.6 Å².